The summed E-state index contributed by atoms with van der Waals surface area (Å²) in [6.45, 7) is 5.97. The molecule has 0 spiro atoms. The quantitative estimate of drug-likeness (QED) is 0.393. The summed E-state index contributed by atoms with van der Waals surface area (Å²) in [7, 11) is -2.76. The largest absolute Gasteiger partial charge is 0.343 e. The van der Waals surface area contributed by atoms with Crippen LogP contribution in [0.3, 0.4) is 0 Å². The predicted molar refractivity (Wildman–Crippen MR) is 86.1 cm³/mol. The molecule has 1 aromatic heterocycles. The van der Waals surface area contributed by atoms with Crippen LogP contribution < -0.4 is 4.57 Å². The van der Waals surface area contributed by atoms with E-state index < -0.39 is 23.7 Å². The molecule has 6 nitrogen and oxygen atoms in total. The van der Waals surface area contributed by atoms with Crippen LogP contribution in [0.1, 0.15) is 43.2 Å². The topological polar surface area (TPSA) is 98.7 Å². The molecule has 2 unspecified atom stereocenters. The minimum absolute atomic E-state index is 0.0958. The molecule has 0 saturated heterocycles. The minimum atomic E-state index is -4.66. The maximum Gasteiger partial charge on any atom is 0.343 e. The Balaban J connectivity index is 3.52. The van der Waals surface area contributed by atoms with Crippen molar-refractivity contribution in [3.63, 3.8) is 0 Å². The molecule has 0 fully saturated rings. The second kappa shape index (κ2) is 7.79. The van der Waals surface area contributed by atoms with E-state index in [4.69, 9.17) is 0 Å². The van der Waals surface area contributed by atoms with Gasteiger partial charge in [-0.2, -0.15) is 0 Å². The van der Waals surface area contributed by atoms with Gasteiger partial charge in [0.2, 0.25) is 0 Å². The fourth-order valence-corrected chi connectivity index (χ4v) is 4.57. The Morgan fingerprint density at radius 2 is 1.77 bits per heavy atom. The highest BCUT2D eigenvalue weighted by Crippen LogP contribution is 2.44. The monoisotopic (exact) mass is 350 g/mol. The number of nitrogens with zero attached hydrogens (tertiary/aromatic N) is 1. The van der Waals surface area contributed by atoms with Gasteiger partial charge in [-0.05, 0) is 18.4 Å². The van der Waals surface area contributed by atoms with Gasteiger partial charge in [0.15, 0.2) is 28.0 Å². The number of rotatable bonds is 7. The van der Waals surface area contributed by atoms with Crippen molar-refractivity contribution < 1.29 is 27.7 Å². The van der Waals surface area contributed by atoms with Gasteiger partial charge in [0.05, 0.1) is 0 Å². The first-order chi connectivity index (χ1) is 10.2. The molecule has 0 aliphatic heterocycles. The molecule has 0 amide bonds. The molecule has 0 aliphatic carbocycles. The summed E-state index contributed by atoms with van der Waals surface area (Å²) in [6, 6.07) is 0. The highest BCUT2D eigenvalue weighted by molar-refractivity contribution is 7.88. The van der Waals surface area contributed by atoms with E-state index >= 15 is 0 Å². The van der Waals surface area contributed by atoms with Crippen molar-refractivity contribution >= 4 is 18.7 Å². The van der Waals surface area contributed by atoms with E-state index in [1.165, 1.54) is 0 Å². The standard InChI is InChI=1S/C14H24NO5PS/c1-5-10-9-15(4)13(7-3)12(11(10)6-2)8-14(22(19)20)21(16,17)18/h9,14H,5-8H2,1-4H3,(H2-,16,17,18,19,20)/p+1. The smallest absolute Gasteiger partial charge is 0.324 e. The van der Waals surface area contributed by atoms with Gasteiger partial charge in [-0.25, -0.2) is 8.78 Å². The maximum atomic E-state index is 11.6. The maximum absolute atomic E-state index is 11.6. The predicted octanol–water partition coefficient (Wildman–Crippen LogP) is 1.47. The number of aromatic nitrogens is 1. The summed E-state index contributed by atoms with van der Waals surface area (Å²) in [4.78, 5) is 17.2. The van der Waals surface area contributed by atoms with Crippen LogP contribution in [0.5, 0.6) is 0 Å². The van der Waals surface area contributed by atoms with Gasteiger partial charge >= 0.3 is 7.60 Å². The molecule has 0 aromatic carbocycles. The van der Waals surface area contributed by atoms with Crippen molar-refractivity contribution in [3.05, 3.63) is 28.6 Å². The Morgan fingerprint density at radius 1 is 1.18 bits per heavy atom. The Labute approximate surface area is 134 Å². The first-order valence-corrected chi connectivity index (χ1v) is 10.2. The Morgan fingerprint density at radius 3 is 2.14 bits per heavy atom. The summed E-state index contributed by atoms with van der Waals surface area (Å²) < 4.78 is 34.2. The van der Waals surface area contributed by atoms with Gasteiger partial charge in [-0.3, -0.25) is 4.57 Å². The SMILES string of the molecule is CCc1c[n+](C)c(CC)c(CC(S(=O)O)P(=O)(O)O)c1CC. The normalized spacial score (nSPS) is 14.9. The van der Waals surface area contributed by atoms with E-state index in [1.54, 1.807) is 0 Å². The summed E-state index contributed by atoms with van der Waals surface area (Å²) in [6.07, 6.45) is 4.15. The molecule has 1 rings (SSSR count). The van der Waals surface area contributed by atoms with Crippen LogP contribution in [0.15, 0.2) is 6.20 Å². The first-order valence-electron chi connectivity index (χ1n) is 7.34. The average molecular weight is 350 g/mol. The Hall–Kier alpha value is -0.590. The molecular weight excluding hydrogens is 325 g/mol. The second-order valence-electron chi connectivity index (χ2n) is 5.25. The third kappa shape index (κ3) is 4.24. The van der Waals surface area contributed by atoms with Crippen molar-refractivity contribution in [2.45, 2.75) is 51.4 Å². The van der Waals surface area contributed by atoms with Gasteiger partial charge in [0, 0.05) is 24.0 Å². The molecule has 0 saturated carbocycles. The molecule has 8 heteroatoms. The number of hydrogen-bond donors (Lipinski definition) is 3. The third-order valence-corrected chi connectivity index (χ3v) is 6.86. The van der Waals surface area contributed by atoms with Crippen molar-refractivity contribution in [1.82, 2.24) is 0 Å². The molecule has 0 bridgehead atoms. The van der Waals surface area contributed by atoms with Crippen molar-refractivity contribution in [3.8, 4) is 0 Å². The Kier molecular flexibility index (Phi) is 6.89. The number of hydrogen-bond acceptors (Lipinski definition) is 2. The zero-order valence-electron chi connectivity index (χ0n) is 13.4. The van der Waals surface area contributed by atoms with Crippen molar-refractivity contribution in [2.24, 2.45) is 7.05 Å². The molecule has 3 N–H and O–H groups in total. The number of aryl methyl sites for hydroxylation is 2. The van der Waals surface area contributed by atoms with Gasteiger partial charge in [-0.15, -0.1) is 0 Å². The van der Waals surface area contributed by atoms with Crippen LogP contribution in [-0.4, -0.2) is 23.5 Å². The lowest BCUT2D eigenvalue weighted by Gasteiger charge is -2.19. The van der Waals surface area contributed by atoms with E-state index in [-0.39, 0.29) is 6.42 Å². The molecular formula is C14H25NO5PS+. The summed E-state index contributed by atoms with van der Waals surface area (Å²) in [5, 5.41) is 0. The molecule has 1 heterocycles. The fourth-order valence-electron chi connectivity index (χ4n) is 2.90. The van der Waals surface area contributed by atoms with Crippen LogP contribution in [0.4, 0.5) is 0 Å². The van der Waals surface area contributed by atoms with E-state index in [0.29, 0.717) is 6.42 Å². The molecule has 22 heavy (non-hydrogen) atoms. The molecule has 2 atom stereocenters. The summed E-state index contributed by atoms with van der Waals surface area (Å²) >= 11 is -2.58. The third-order valence-electron chi connectivity index (χ3n) is 3.93. The zero-order valence-corrected chi connectivity index (χ0v) is 15.2. The molecule has 0 aliphatic rings. The minimum Gasteiger partial charge on any atom is -0.324 e. The van der Waals surface area contributed by atoms with E-state index in [9.17, 15) is 23.1 Å². The van der Waals surface area contributed by atoms with Crippen LogP contribution in [0, 0.1) is 0 Å². The highest BCUT2D eigenvalue weighted by atomic mass is 32.2. The van der Waals surface area contributed by atoms with E-state index in [1.807, 2.05) is 38.6 Å². The van der Waals surface area contributed by atoms with Crippen molar-refractivity contribution in [1.29, 1.82) is 0 Å². The average Bonchev–Trinajstić information content (AvgIpc) is 2.42. The molecule has 0 radical (unpaired) electrons. The Bertz CT molecular complexity index is 614. The van der Waals surface area contributed by atoms with Crippen LogP contribution in [0.2, 0.25) is 0 Å². The van der Waals surface area contributed by atoms with Gasteiger partial charge in [0.25, 0.3) is 0 Å². The molecule has 1 aromatic rings. The van der Waals surface area contributed by atoms with Crippen LogP contribution >= 0.6 is 7.60 Å². The van der Waals surface area contributed by atoms with Gasteiger partial charge in [0.1, 0.15) is 7.05 Å². The lowest BCUT2D eigenvalue weighted by atomic mass is 9.94. The number of pyridine rings is 1. The fraction of sp³-hybridized carbons (Fsp3) is 0.643. The molecule has 126 valence electrons. The summed E-state index contributed by atoms with van der Waals surface area (Å²) in [5.74, 6) is 0. The van der Waals surface area contributed by atoms with Gasteiger partial charge in [-0.1, -0.05) is 20.8 Å². The van der Waals surface area contributed by atoms with E-state index in [2.05, 4.69) is 0 Å². The summed E-state index contributed by atoms with van der Waals surface area (Å²) in [5.41, 5.74) is 3.87. The van der Waals surface area contributed by atoms with Crippen LogP contribution in [0.25, 0.3) is 0 Å². The lowest BCUT2D eigenvalue weighted by molar-refractivity contribution is -0.679. The van der Waals surface area contributed by atoms with E-state index in [0.717, 1.165) is 35.2 Å². The van der Waals surface area contributed by atoms with Crippen molar-refractivity contribution in [2.75, 3.05) is 0 Å². The highest BCUT2D eigenvalue weighted by Gasteiger charge is 2.36. The van der Waals surface area contributed by atoms with Gasteiger partial charge < -0.3 is 14.3 Å². The zero-order chi connectivity index (χ0) is 17.1. The lowest BCUT2D eigenvalue weighted by Crippen LogP contribution is -2.37. The first kappa shape index (κ1) is 19.5. The van der Waals surface area contributed by atoms with Crippen LogP contribution in [-0.2, 0) is 48.4 Å². The second-order valence-corrected chi connectivity index (χ2v) is 8.53.